The fourth-order valence-electron chi connectivity index (χ4n) is 1.15. The number of hydrogen-bond acceptors (Lipinski definition) is 2. The Morgan fingerprint density at radius 1 is 1.45 bits per heavy atom. The van der Waals surface area contributed by atoms with Crippen LogP contribution < -0.4 is 0 Å². The quantitative estimate of drug-likeness (QED) is 0.411. The van der Waals surface area contributed by atoms with Crippen molar-refractivity contribution in [2.75, 3.05) is 0 Å². The van der Waals surface area contributed by atoms with E-state index in [2.05, 4.69) is 6.58 Å². The van der Waals surface area contributed by atoms with Crippen molar-refractivity contribution in [3.63, 3.8) is 0 Å². The van der Waals surface area contributed by atoms with Crippen LogP contribution in [0.2, 0.25) is 0 Å². The van der Waals surface area contributed by atoms with E-state index in [0.717, 1.165) is 0 Å². The minimum absolute atomic E-state index is 0.0470. The number of hydrogen-bond donors (Lipinski definition) is 0. The molecule has 1 saturated heterocycles. The molecule has 1 aliphatic heterocycles. The van der Waals surface area contributed by atoms with Crippen molar-refractivity contribution in [2.45, 2.75) is 26.3 Å². The first-order valence-electron chi connectivity index (χ1n) is 3.58. The summed E-state index contributed by atoms with van der Waals surface area (Å²) in [5, 5.41) is 0. The fourth-order valence-corrected chi connectivity index (χ4v) is 1.15. The molecule has 3 nitrogen and oxygen atoms in total. The average Bonchev–Trinajstić information content (AvgIpc) is 2.07. The van der Waals surface area contributed by atoms with E-state index >= 15 is 0 Å². The zero-order chi connectivity index (χ0) is 8.59. The van der Waals surface area contributed by atoms with E-state index in [-0.39, 0.29) is 24.3 Å². The molecule has 0 aromatic heterocycles. The normalized spacial score (nSPS) is 18.8. The van der Waals surface area contributed by atoms with Gasteiger partial charge in [0.2, 0.25) is 5.91 Å². The molecule has 1 heterocycles. The lowest BCUT2D eigenvalue weighted by molar-refractivity contribution is -0.139. The van der Waals surface area contributed by atoms with Crippen molar-refractivity contribution in [2.24, 2.45) is 0 Å². The highest BCUT2D eigenvalue weighted by Gasteiger charge is 2.33. The molecule has 60 valence electrons. The molecule has 11 heavy (non-hydrogen) atoms. The van der Waals surface area contributed by atoms with Crippen molar-refractivity contribution < 1.29 is 9.59 Å². The van der Waals surface area contributed by atoms with Crippen LogP contribution in [0.5, 0.6) is 0 Å². The van der Waals surface area contributed by atoms with Gasteiger partial charge in [-0.2, -0.15) is 0 Å². The predicted octanol–water partition coefficient (Wildman–Crippen LogP) is 0.710. The molecule has 0 aromatic carbocycles. The molecular weight excluding hydrogens is 142 g/mol. The van der Waals surface area contributed by atoms with E-state index in [1.54, 1.807) is 0 Å². The Labute approximate surface area is 65.7 Å². The number of amides is 2. The Morgan fingerprint density at radius 3 is 2.18 bits per heavy atom. The minimum Gasteiger partial charge on any atom is -0.276 e. The standard InChI is InChI=1S/C8H11NO2/c1-5(2)9-7(10)4-6(3)8(9)11/h5H,3-4H2,1-2H3. The lowest BCUT2D eigenvalue weighted by atomic mass is 10.3. The highest BCUT2D eigenvalue weighted by Crippen LogP contribution is 2.18. The molecule has 0 aliphatic carbocycles. The lowest BCUT2D eigenvalue weighted by Gasteiger charge is -2.17. The zero-order valence-corrected chi connectivity index (χ0v) is 6.76. The summed E-state index contributed by atoms with van der Waals surface area (Å²) in [6.07, 6.45) is 0.191. The molecule has 1 aliphatic rings. The molecule has 0 unspecified atom stereocenters. The molecule has 0 bridgehead atoms. The number of imide groups is 1. The van der Waals surface area contributed by atoms with Crippen LogP contribution >= 0.6 is 0 Å². The molecule has 1 rings (SSSR count). The van der Waals surface area contributed by atoms with Crippen LogP contribution in [0.1, 0.15) is 20.3 Å². The first-order chi connectivity index (χ1) is 5.04. The summed E-state index contributed by atoms with van der Waals surface area (Å²) in [5.41, 5.74) is 0.406. The fraction of sp³-hybridized carbons (Fsp3) is 0.500. The summed E-state index contributed by atoms with van der Waals surface area (Å²) < 4.78 is 0. The largest absolute Gasteiger partial charge is 0.276 e. The van der Waals surface area contributed by atoms with Crippen LogP contribution in [0.15, 0.2) is 12.2 Å². The van der Waals surface area contributed by atoms with E-state index in [1.165, 1.54) is 4.90 Å². The van der Waals surface area contributed by atoms with Gasteiger partial charge in [0.25, 0.3) is 5.91 Å². The second-order valence-electron chi connectivity index (χ2n) is 2.94. The maximum Gasteiger partial charge on any atom is 0.256 e. The van der Waals surface area contributed by atoms with Gasteiger partial charge in [-0.3, -0.25) is 14.5 Å². The SMILES string of the molecule is C=C1CC(=O)N(C(C)C)C1=O. The van der Waals surface area contributed by atoms with Gasteiger partial charge in [-0.1, -0.05) is 6.58 Å². The summed E-state index contributed by atoms with van der Waals surface area (Å²) in [5.74, 6) is -0.347. The predicted molar refractivity (Wildman–Crippen MR) is 40.7 cm³/mol. The highest BCUT2D eigenvalue weighted by atomic mass is 16.2. The molecule has 0 atom stereocenters. The van der Waals surface area contributed by atoms with E-state index in [0.29, 0.717) is 5.57 Å². The maximum absolute atomic E-state index is 11.2. The van der Waals surface area contributed by atoms with Gasteiger partial charge < -0.3 is 0 Å². The van der Waals surface area contributed by atoms with E-state index < -0.39 is 0 Å². The van der Waals surface area contributed by atoms with Crippen LogP contribution in [0.3, 0.4) is 0 Å². The van der Waals surface area contributed by atoms with E-state index in [9.17, 15) is 9.59 Å². The van der Waals surface area contributed by atoms with Gasteiger partial charge in [0.05, 0.1) is 6.42 Å². The Bertz CT molecular complexity index is 230. The second-order valence-corrected chi connectivity index (χ2v) is 2.94. The first kappa shape index (κ1) is 7.98. The molecule has 1 fully saturated rings. The monoisotopic (exact) mass is 153 g/mol. The third kappa shape index (κ3) is 1.18. The molecule has 0 N–H and O–H groups in total. The molecule has 3 heteroatoms. The zero-order valence-electron chi connectivity index (χ0n) is 6.76. The van der Waals surface area contributed by atoms with E-state index in [1.807, 2.05) is 13.8 Å². The maximum atomic E-state index is 11.2. The summed E-state index contributed by atoms with van der Waals surface area (Å²) in [6.45, 7) is 7.13. The van der Waals surface area contributed by atoms with Crippen LogP contribution in [0.4, 0.5) is 0 Å². The van der Waals surface area contributed by atoms with Crippen molar-refractivity contribution in [1.82, 2.24) is 4.90 Å². The molecule has 0 radical (unpaired) electrons. The Morgan fingerprint density at radius 2 is 2.00 bits per heavy atom. The Balaban J connectivity index is 2.88. The Kier molecular flexibility index (Phi) is 1.81. The van der Waals surface area contributed by atoms with Crippen LogP contribution in [0.25, 0.3) is 0 Å². The van der Waals surface area contributed by atoms with Crippen LogP contribution in [-0.2, 0) is 9.59 Å². The summed E-state index contributed by atoms with van der Waals surface area (Å²) >= 11 is 0. The van der Waals surface area contributed by atoms with Gasteiger partial charge in [0, 0.05) is 11.6 Å². The second kappa shape index (κ2) is 2.49. The topological polar surface area (TPSA) is 37.4 Å². The van der Waals surface area contributed by atoms with Gasteiger partial charge in [0.15, 0.2) is 0 Å². The lowest BCUT2D eigenvalue weighted by Crippen LogP contribution is -2.35. The first-order valence-corrected chi connectivity index (χ1v) is 3.58. The highest BCUT2D eigenvalue weighted by molar-refractivity contribution is 6.13. The minimum atomic E-state index is -0.218. The third-order valence-corrected chi connectivity index (χ3v) is 1.67. The van der Waals surface area contributed by atoms with Crippen molar-refractivity contribution >= 4 is 11.8 Å². The van der Waals surface area contributed by atoms with Gasteiger partial charge in [-0.25, -0.2) is 0 Å². The van der Waals surface area contributed by atoms with Crippen LogP contribution in [0, 0.1) is 0 Å². The van der Waals surface area contributed by atoms with E-state index in [4.69, 9.17) is 0 Å². The number of carbonyl (C=O) groups excluding carboxylic acids is 2. The number of nitrogens with zero attached hydrogens (tertiary/aromatic N) is 1. The number of carbonyl (C=O) groups is 2. The molecule has 0 spiro atoms. The van der Waals surface area contributed by atoms with Gasteiger partial charge in [-0.15, -0.1) is 0 Å². The summed E-state index contributed by atoms with van der Waals surface area (Å²) in [7, 11) is 0. The Hall–Kier alpha value is -1.12. The van der Waals surface area contributed by atoms with Gasteiger partial charge in [0.1, 0.15) is 0 Å². The number of likely N-dealkylation sites (tertiary alicyclic amines) is 1. The molecule has 2 amide bonds. The van der Waals surface area contributed by atoms with Crippen molar-refractivity contribution in [1.29, 1.82) is 0 Å². The molecule has 0 aromatic rings. The smallest absolute Gasteiger partial charge is 0.256 e. The third-order valence-electron chi connectivity index (χ3n) is 1.67. The van der Waals surface area contributed by atoms with Gasteiger partial charge in [-0.05, 0) is 13.8 Å². The average molecular weight is 153 g/mol. The van der Waals surface area contributed by atoms with Gasteiger partial charge >= 0.3 is 0 Å². The van der Waals surface area contributed by atoms with Crippen molar-refractivity contribution in [3.8, 4) is 0 Å². The van der Waals surface area contributed by atoms with Crippen molar-refractivity contribution in [3.05, 3.63) is 12.2 Å². The molecular formula is C8H11NO2. The summed E-state index contributed by atoms with van der Waals surface area (Å²) in [6, 6.07) is -0.0470. The number of rotatable bonds is 1. The van der Waals surface area contributed by atoms with Crippen LogP contribution in [-0.4, -0.2) is 22.8 Å². The summed E-state index contributed by atoms with van der Waals surface area (Å²) in [4.78, 5) is 23.5. The molecule has 0 saturated carbocycles.